The fourth-order valence-electron chi connectivity index (χ4n) is 5.80. The van der Waals surface area contributed by atoms with Gasteiger partial charge >= 0.3 is 0 Å². The van der Waals surface area contributed by atoms with Crippen molar-refractivity contribution in [3.8, 4) is 0 Å². The highest BCUT2D eigenvalue weighted by Gasteiger charge is 2.33. The molecule has 3 heterocycles. The number of likely N-dealkylation sites (tertiary alicyclic amines) is 1. The summed E-state index contributed by atoms with van der Waals surface area (Å²) < 4.78 is 5.42. The van der Waals surface area contributed by atoms with Gasteiger partial charge in [-0.05, 0) is 81.1 Å². The highest BCUT2D eigenvalue weighted by Crippen LogP contribution is 2.31. The van der Waals surface area contributed by atoms with Crippen molar-refractivity contribution in [2.24, 2.45) is 0 Å². The van der Waals surface area contributed by atoms with Gasteiger partial charge in [0.25, 0.3) is 5.91 Å². The number of aryl methyl sites for hydroxylation is 1. The lowest BCUT2D eigenvalue weighted by Crippen LogP contribution is -2.39. The van der Waals surface area contributed by atoms with E-state index in [0.717, 1.165) is 57.7 Å². The predicted molar refractivity (Wildman–Crippen MR) is 138 cm³/mol. The predicted octanol–water partition coefficient (Wildman–Crippen LogP) is 4.14. The molecular weight excluding hydrogens is 424 g/mol. The van der Waals surface area contributed by atoms with Crippen molar-refractivity contribution in [1.82, 2.24) is 9.80 Å². The van der Waals surface area contributed by atoms with E-state index in [2.05, 4.69) is 58.1 Å². The second-order valence-electron chi connectivity index (χ2n) is 10.2. The van der Waals surface area contributed by atoms with Crippen molar-refractivity contribution in [2.45, 2.75) is 51.7 Å². The summed E-state index contributed by atoms with van der Waals surface area (Å²) in [5.41, 5.74) is 5.28. The normalized spacial score (nSPS) is 24.0. The quantitative estimate of drug-likeness (QED) is 0.699. The number of morpholine rings is 1. The molecule has 1 amide bonds. The third-order valence-corrected chi connectivity index (χ3v) is 7.76. The summed E-state index contributed by atoms with van der Waals surface area (Å²) in [7, 11) is 0. The molecule has 0 radical (unpaired) electrons. The van der Waals surface area contributed by atoms with Crippen molar-refractivity contribution in [3.63, 3.8) is 0 Å². The summed E-state index contributed by atoms with van der Waals surface area (Å²) in [5, 5.41) is 3.08. The first-order chi connectivity index (χ1) is 16.6. The largest absolute Gasteiger partial charge is 0.379 e. The van der Waals surface area contributed by atoms with E-state index >= 15 is 0 Å². The number of hydrogen-bond acceptors (Lipinski definition) is 5. The van der Waals surface area contributed by atoms with Gasteiger partial charge < -0.3 is 15.0 Å². The van der Waals surface area contributed by atoms with Crippen LogP contribution in [0.4, 0.5) is 11.4 Å². The second kappa shape index (κ2) is 10.5. The molecule has 3 aliphatic heterocycles. The number of carbonyl (C=O) groups excluding carboxylic acids is 1. The third-order valence-electron chi connectivity index (χ3n) is 7.76. The Kier molecular flexibility index (Phi) is 7.18. The number of carbonyl (C=O) groups is 1. The Morgan fingerprint density at radius 3 is 2.53 bits per heavy atom. The maximum absolute atomic E-state index is 12.8. The van der Waals surface area contributed by atoms with Gasteiger partial charge in [0, 0.05) is 61.7 Å². The van der Waals surface area contributed by atoms with E-state index in [-0.39, 0.29) is 5.91 Å². The first-order valence-electron chi connectivity index (χ1n) is 12.9. The molecular formula is C28H38N4O2. The molecule has 0 saturated carbocycles. The van der Waals surface area contributed by atoms with Gasteiger partial charge in [-0.2, -0.15) is 0 Å². The van der Waals surface area contributed by atoms with Gasteiger partial charge in [-0.15, -0.1) is 0 Å². The van der Waals surface area contributed by atoms with E-state index < -0.39 is 0 Å². The van der Waals surface area contributed by atoms with E-state index in [4.69, 9.17) is 4.74 Å². The summed E-state index contributed by atoms with van der Waals surface area (Å²) in [4.78, 5) is 20.4. The lowest BCUT2D eigenvalue weighted by atomic mass is 10.1. The second-order valence-corrected chi connectivity index (χ2v) is 10.2. The number of benzene rings is 2. The zero-order valence-electron chi connectivity index (χ0n) is 20.6. The minimum absolute atomic E-state index is 0.0608. The van der Waals surface area contributed by atoms with Gasteiger partial charge in [0.05, 0.1) is 13.2 Å². The smallest absolute Gasteiger partial charge is 0.255 e. The molecule has 182 valence electrons. The number of anilines is 2. The topological polar surface area (TPSA) is 48.1 Å². The van der Waals surface area contributed by atoms with Gasteiger partial charge in [-0.3, -0.25) is 14.6 Å². The Balaban J connectivity index is 1.17. The van der Waals surface area contributed by atoms with E-state index in [1.165, 1.54) is 42.6 Å². The molecule has 2 unspecified atom stereocenters. The Hall–Kier alpha value is -2.41. The molecule has 3 saturated heterocycles. The molecule has 1 N–H and O–H groups in total. The third kappa shape index (κ3) is 5.29. The van der Waals surface area contributed by atoms with E-state index in [0.29, 0.717) is 11.6 Å². The average Bonchev–Trinajstić information content (AvgIpc) is 3.49. The molecule has 6 nitrogen and oxygen atoms in total. The molecule has 0 spiro atoms. The zero-order valence-corrected chi connectivity index (χ0v) is 20.6. The Morgan fingerprint density at radius 1 is 1.03 bits per heavy atom. The van der Waals surface area contributed by atoms with Crippen molar-refractivity contribution >= 4 is 17.3 Å². The summed E-state index contributed by atoms with van der Waals surface area (Å²) in [6.45, 7) is 12.4. The molecule has 2 aromatic rings. The highest BCUT2D eigenvalue weighted by molar-refractivity contribution is 6.04. The summed E-state index contributed by atoms with van der Waals surface area (Å²) >= 11 is 0. The average molecular weight is 463 g/mol. The number of hydrogen-bond donors (Lipinski definition) is 1. The number of ether oxygens (including phenoxy) is 1. The van der Waals surface area contributed by atoms with Gasteiger partial charge in [0.2, 0.25) is 0 Å². The standard InChI is InChI=1S/C28H38N4O2/c1-21-18-25(9-10-27(21)31-13-11-26(20-31)32-12-3-4-22(32)2)29-28(33)24-7-5-23(6-8-24)19-30-14-16-34-17-15-30/h5-10,18,22,26H,3-4,11-17,19-20H2,1-2H3,(H,29,33). The minimum Gasteiger partial charge on any atom is -0.379 e. The first-order valence-corrected chi connectivity index (χ1v) is 12.9. The molecule has 2 atom stereocenters. The molecule has 0 aliphatic carbocycles. The number of amides is 1. The van der Waals surface area contributed by atoms with Crippen LogP contribution in [0, 0.1) is 6.92 Å². The fraction of sp³-hybridized carbons (Fsp3) is 0.536. The van der Waals surface area contributed by atoms with E-state index in [1.54, 1.807) is 0 Å². The minimum atomic E-state index is -0.0608. The highest BCUT2D eigenvalue weighted by atomic mass is 16.5. The van der Waals surface area contributed by atoms with Crippen molar-refractivity contribution in [1.29, 1.82) is 0 Å². The van der Waals surface area contributed by atoms with Crippen LogP contribution in [0.2, 0.25) is 0 Å². The zero-order chi connectivity index (χ0) is 23.5. The maximum atomic E-state index is 12.8. The molecule has 34 heavy (non-hydrogen) atoms. The van der Waals surface area contributed by atoms with Gasteiger partial charge in [-0.1, -0.05) is 12.1 Å². The van der Waals surface area contributed by atoms with Crippen LogP contribution < -0.4 is 10.2 Å². The molecule has 0 bridgehead atoms. The summed E-state index contributed by atoms with van der Waals surface area (Å²) in [6.07, 6.45) is 3.91. The molecule has 3 aliphatic rings. The SMILES string of the molecule is Cc1cc(NC(=O)c2ccc(CN3CCOCC3)cc2)ccc1N1CCC(N2CCCC2C)C1. The first kappa shape index (κ1) is 23.3. The van der Waals surface area contributed by atoms with Crippen molar-refractivity contribution in [3.05, 3.63) is 59.2 Å². The molecule has 6 heteroatoms. The van der Waals surface area contributed by atoms with E-state index in [1.807, 2.05) is 18.2 Å². The number of rotatable bonds is 6. The summed E-state index contributed by atoms with van der Waals surface area (Å²) in [6, 6.07) is 15.7. The number of nitrogens with zero attached hydrogens (tertiary/aromatic N) is 3. The molecule has 5 rings (SSSR count). The van der Waals surface area contributed by atoms with Crippen LogP contribution >= 0.6 is 0 Å². The Bertz CT molecular complexity index is 986. The van der Waals surface area contributed by atoms with Crippen molar-refractivity contribution < 1.29 is 9.53 Å². The van der Waals surface area contributed by atoms with Gasteiger partial charge in [0.1, 0.15) is 0 Å². The Morgan fingerprint density at radius 2 is 1.82 bits per heavy atom. The van der Waals surface area contributed by atoms with Crippen LogP contribution in [0.5, 0.6) is 0 Å². The van der Waals surface area contributed by atoms with Gasteiger partial charge in [-0.25, -0.2) is 0 Å². The van der Waals surface area contributed by atoms with Crippen LogP contribution in [0.25, 0.3) is 0 Å². The van der Waals surface area contributed by atoms with Gasteiger partial charge in [0.15, 0.2) is 0 Å². The van der Waals surface area contributed by atoms with Crippen LogP contribution in [0.15, 0.2) is 42.5 Å². The monoisotopic (exact) mass is 462 g/mol. The van der Waals surface area contributed by atoms with Crippen LogP contribution in [-0.2, 0) is 11.3 Å². The lowest BCUT2D eigenvalue weighted by molar-refractivity contribution is 0.0342. The molecule has 2 aromatic carbocycles. The molecule has 0 aromatic heterocycles. The lowest BCUT2D eigenvalue weighted by Gasteiger charge is -2.29. The fourth-order valence-corrected chi connectivity index (χ4v) is 5.80. The summed E-state index contributed by atoms with van der Waals surface area (Å²) in [5.74, 6) is -0.0608. The van der Waals surface area contributed by atoms with Crippen LogP contribution in [0.1, 0.15) is 47.7 Å². The van der Waals surface area contributed by atoms with E-state index in [9.17, 15) is 4.79 Å². The molecule has 3 fully saturated rings. The van der Waals surface area contributed by atoms with Crippen LogP contribution in [-0.4, -0.2) is 73.7 Å². The number of nitrogens with one attached hydrogen (secondary N) is 1. The van der Waals surface area contributed by atoms with Crippen molar-refractivity contribution in [2.75, 3.05) is 56.2 Å². The Labute approximate surface area is 203 Å². The maximum Gasteiger partial charge on any atom is 0.255 e. The van der Waals surface area contributed by atoms with Crippen LogP contribution in [0.3, 0.4) is 0 Å².